The molecule has 0 atom stereocenters. The van der Waals surface area contributed by atoms with E-state index in [9.17, 15) is 0 Å². The molecule has 0 aromatic heterocycles. The van der Waals surface area contributed by atoms with Gasteiger partial charge in [-0.2, -0.15) is 0 Å². The predicted octanol–water partition coefficient (Wildman–Crippen LogP) is 3.99. The Hall–Kier alpha value is 0.640. The Morgan fingerprint density at radius 3 is 1.25 bits per heavy atom. The zero-order valence-corrected chi connectivity index (χ0v) is 15.3. The fourth-order valence-corrected chi connectivity index (χ4v) is 14.0. The molecule has 0 unspecified atom stereocenters. The average molecular weight is 355 g/mol. The molecule has 2 aliphatic carbocycles. The van der Waals surface area contributed by atoms with Gasteiger partial charge in [-0.05, 0) is 0 Å². The Morgan fingerprint density at radius 2 is 1.00 bits per heavy atom. The third-order valence-corrected chi connectivity index (χ3v) is 21.9. The molecular weight excluding hydrogens is 334 g/mol. The van der Waals surface area contributed by atoms with Crippen LogP contribution in [0, 0.1) is 0 Å². The van der Waals surface area contributed by atoms with Crippen molar-refractivity contribution in [1.29, 1.82) is 0 Å². The van der Waals surface area contributed by atoms with Crippen molar-refractivity contribution < 1.29 is 17.4 Å². The number of allylic oxidation sites excluding steroid dienone is 8. The molecule has 4 heteroatoms. The summed E-state index contributed by atoms with van der Waals surface area (Å²) in [4.78, 5) is 0. The molecule has 16 heavy (non-hydrogen) atoms. The first kappa shape index (κ1) is 16.6. The minimum atomic E-state index is -2.56. The van der Waals surface area contributed by atoms with Crippen LogP contribution >= 0.6 is 24.8 Å². The van der Waals surface area contributed by atoms with Crippen LogP contribution in [0.2, 0.25) is 16.5 Å². The van der Waals surface area contributed by atoms with E-state index in [0.717, 1.165) is 7.25 Å². The molecule has 0 N–H and O–H groups in total. The molecule has 0 aromatic carbocycles. The average Bonchev–Trinajstić information content (AvgIpc) is 2.78. The van der Waals surface area contributed by atoms with Gasteiger partial charge >= 0.3 is 89.4 Å². The molecule has 0 nitrogen and oxygen atoms in total. The summed E-state index contributed by atoms with van der Waals surface area (Å²) in [6.45, 7) is 2.33. The van der Waals surface area contributed by atoms with E-state index < -0.39 is 17.4 Å². The molecule has 0 bridgehead atoms. The quantitative estimate of drug-likeness (QED) is 0.658. The second-order valence-corrected chi connectivity index (χ2v) is 36.4. The van der Waals surface area contributed by atoms with Crippen molar-refractivity contribution >= 4 is 31.7 Å². The van der Waals surface area contributed by atoms with Gasteiger partial charge in [-0.25, -0.2) is 0 Å². The molecule has 2 rings (SSSR count). The van der Waals surface area contributed by atoms with Crippen LogP contribution in [-0.2, 0) is 17.4 Å². The molecular formula is C12H20Cl2SiZr. The Bertz CT molecular complexity index is 368. The third kappa shape index (κ3) is 2.90. The van der Waals surface area contributed by atoms with Gasteiger partial charge in [0, 0.05) is 0 Å². The monoisotopic (exact) mass is 352 g/mol. The van der Waals surface area contributed by atoms with Gasteiger partial charge in [0.25, 0.3) is 0 Å². The summed E-state index contributed by atoms with van der Waals surface area (Å²) in [5.74, 6) is 0. The van der Waals surface area contributed by atoms with Crippen LogP contribution in [0.1, 0.15) is 0 Å². The van der Waals surface area contributed by atoms with Gasteiger partial charge in [0.15, 0.2) is 0 Å². The van der Waals surface area contributed by atoms with Gasteiger partial charge in [0.1, 0.15) is 0 Å². The van der Waals surface area contributed by atoms with Crippen molar-refractivity contribution in [2.45, 2.75) is 16.5 Å². The maximum absolute atomic E-state index is 2.58. The van der Waals surface area contributed by atoms with Crippen LogP contribution in [0.4, 0.5) is 0 Å². The SMILES string of the molecule is Cl.Cl.[CH3][Zr]([CH3])(=[SiH2])([CH]1C=CC=C1)[CH]1C=CC=C1. The second kappa shape index (κ2) is 5.52. The molecule has 0 spiro atoms. The minimum absolute atomic E-state index is 0. The van der Waals surface area contributed by atoms with Crippen LogP contribution in [0.15, 0.2) is 48.6 Å². The first-order valence-corrected chi connectivity index (χ1v) is 18.9. The van der Waals surface area contributed by atoms with Crippen molar-refractivity contribution in [3.63, 3.8) is 0 Å². The zero-order chi connectivity index (χ0) is 10.3. The third-order valence-electron chi connectivity index (χ3n) is 3.69. The Labute approximate surface area is 113 Å². The molecule has 0 radical (unpaired) electrons. The van der Waals surface area contributed by atoms with Crippen molar-refractivity contribution in [2.24, 2.45) is 0 Å². The first-order valence-electron chi connectivity index (χ1n) is 5.26. The molecule has 90 valence electrons. The topological polar surface area (TPSA) is 0 Å². The van der Waals surface area contributed by atoms with E-state index in [1.165, 1.54) is 0 Å². The van der Waals surface area contributed by atoms with Crippen molar-refractivity contribution in [3.05, 3.63) is 48.6 Å². The van der Waals surface area contributed by atoms with Crippen LogP contribution in [-0.4, -0.2) is 6.88 Å². The second-order valence-electron chi connectivity index (χ2n) is 5.53. The van der Waals surface area contributed by atoms with E-state index in [-0.39, 0.29) is 24.8 Å². The predicted molar refractivity (Wildman–Crippen MR) is 78.8 cm³/mol. The van der Waals surface area contributed by atoms with Gasteiger partial charge in [-0.1, -0.05) is 0 Å². The summed E-state index contributed by atoms with van der Waals surface area (Å²) in [5.41, 5.74) is 0. The van der Waals surface area contributed by atoms with Crippen molar-refractivity contribution in [2.75, 3.05) is 0 Å². The van der Waals surface area contributed by atoms with Crippen molar-refractivity contribution in [3.8, 4) is 0 Å². The van der Waals surface area contributed by atoms with Gasteiger partial charge in [-0.15, -0.1) is 24.8 Å². The van der Waals surface area contributed by atoms with E-state index in [4.69, 9.17) is 0 Å². The molecule has 0 saturated heterocycles. The number of rotatable bonds is 2. The van der Waals surface area contributed by atoms with E-state index >= 15 is 0 Å². The Morgan fingerprint density at radius 1 is 0.750 bits per heavy atom. The molecule has 0 aromatic rings. The molecule has 0 aliphatic heterocycles. The fourth-order valence-electron chi connectivity index (χ4n) is 2.35. The van der Waals surface area contributed by atoms with Gasteiger partial charge in [0.2, 0.25) is 0 Å². The summed E-state index contributed by atoms with van der Waals surface area (Å²) < 4.78 is 6.67. The zero-order valence-electron chi connectivity index (χ0n) is 9.80. The Kier molecular flexibility index (Phi) is 5.74. The molecule has 0 fully saturated rings. The van der Waals surface area contributed by atoms with Crippen LogP contribution < -0.4 is 0 Å². The van der Waals surface area contributed by atoms with E-state index in [1.807, 2.05) is 0 Å². The first-order chi connectivity index (χ1) is 6.49. The number of halogens is 2. The normalized spacial score (nSPS) is 19.9. The molecule has 0 amide bonds. The maximum atomic E-state index is 2.58. The summed E-state index contributed by atoms with van der Waals surface area (Å²) in [6, 6.07) is 0. The fraction of sp³-hybridized carbons (Fsp3) is 0.333. The summed E-state index contributed by atoms with van der Waals surface area (Å²) in [7, 11) is 0. The van der Waals surface area contributed by atoms with E-state index in [2.05, 4.69) is 64.8 Å². The van der Waals surface area contributed by atoms with Gasteiger partial charge < -0.3 is 0 Å². The van der Waals surface area contributed by atoms with Crippen LogP contribution in [0.3, 0.4) is 0 Å². The van der Waals surface area contributed by atoms with E-state index in [1.54, 1.807) is 0 Å². The van der Waals surface area contributed by atoms with Gasteiger partial charge in [-0.3, -0.25) is 0 Å². The number of hydrogen-bond donors (Lipinski definition) is 0. The van der Waals surface area contributed by atoms with Crippen LogP contribution in [0.5, 0.6) is 0 Å². The molecule has 0 saturated carbocycles. The Balaban J connectivity index is 0.00000112. The molecule has 2 aliphatic rings. The summed E-state index contributed by atoms with van der Waals surface area (Å²) in [5, 5.41) is 0. The van der Waals surface area contributed by atoms with Crippen LogP contribution in [0.25, 0.3) is 0 Å². The molecule has 0 heterocycles. The number of hydrogen-bond acceptors (Lipinski definition) is 0. The standard InChI is InChI=1S/2C5H5.2CH3.2ClH.H2Si.Zr/c2*1-2-4-5-3-1;;;;;;/h2*1-5H;2*1H3;2*1H;1H2;. The van der Waals surface area contributed by atoms with E-state index in [0.29, 0.717) is 0 Å². The summed E-state index contributed by atoms with van der Waals surface area (Å²) >= 11 is -2.56. The van der Waals surface area contributed by atoms with Gasteiger partial charge in [0.05, 0.1) is 0 Å². The van der Waals surface area contributed by atoms with Crippen molar-refractivity contribution in [1.82, 2.24) is 0 Å². The summed E-state index contributed by atoms with van der Waals surface area (Å²) in [6.07, 6.45) is 18.4.